The highest BCUT2D eigenvalue weighted by Crippen LogP contribution is 2.38. The number of carbonyl (C=O) groups excluding carboxylic acids is 3. The minimum atomic E-state index is -0.693. The van der Waals surface area contributed by atoms with Crippen molar-refractivity contribution in [2.45, 2.75) is 50.7 Å². The lowest BCUT2D eigenvalue weighted by molar-refractivity contribution is -0.136. The number of imide groups is 1. The summed E-state index contributed by atoms with van der Waals surface area (Å²) in [6.45, 7) is 2.92. The third-order valence-electron chi connectivity index (χ3n) is 7.75. The molecule has 3 aliphatic heterocycles. The zero-order chi connectivity index (χ0) is 24.1. The van der Waals surface area contributed by atoms with Crippen LogP contribution >= 0.6 is 0 Å². The normalized spacial score (nSPS) is 21.6. The quantitative estimate of drug-likeness (QED) is 0.568. The van der Waals surface area contributed by atoms with E-state index in [4.69, 9.17) is 0 Å². The lowest BCUT2D eigenvalue weighted by Gasteiger charge is -2.33. The summed E-state index contributed by atoms with van der Waals surface area (Å²) in [6, 6.07) is 10.5. The van der Waals surface area contributed by atoms with Crippen LogP contribution in [0.25, 0.3) is 10.9 Å². The van der Waals surface area contributed by atoms with Gasteiger partial charge in [0.25, 0.3) is 5.91 Å². The van der Waals surface area contributed by atoms with Crippen molar-refractivity contribution in [2.75, 3.05) is 13.1 Å². The average molecular weight is 475 g/mol. The van der Waals surface area contributed by atoms with Gasteiger partial charge in [0.15, 0.2) is 0 Å². The summed E-state index contributed by atoms with van der Waals surface area (Å²) < 4.78 is 14.6. The van der Waals surface area contributed by atoms with E-state index in [1.165, 1.54) is 21.9 Å². The van der Waals surface area contributed by atoms with Crippen LogP contribution < -0.4 is 5.32 Å². The number of hydrogen-bond donors (Lipinski definition) is 2. The van der Waals surface area contributed by atoms with Gasteiger partial charge in [-0.25, -0.2) is 4.39 Å². The number of para-hydroxylation sites is 1. The van der Waals surface area contributed by atoms with Gasteiger partial charge in [0.1, 0.15) is 11.9 Å². The zero-order valence-corrected chi connectivity index (χ0v) is 19.4. The van der Waals surface area contributed by atoms with E-state index in [1.54, 1.807) is 6.07 Å². The zero-order valence-electron chi connectivity index (χ0n) is 19.4. The number of amides is 3. The summed E-state index contributed by atoms with van der Waals surface area (Å²) in [5, 5.41) is 3.56. The van der Waals surface area contributed by atoms with E-state index in [0.717, 1.165) is 49.1 Å². The van der Waals surface area contributed by atoms with E-state index >= 15 is 0 Å². The number of nitrogens with one attached hydrogen (secondary N) is 2. The van der Waals surface area contributed by atoms with Crippen LogP contribution in [-0.4, -0.2) is 51.6 Å². The van der Waals surface area contributed by atoms with E-state index in [9.17, 15) is 18.8 Å². The Balaban J connectivity index is 1.18. The molecule has 1 aromatic heterocycles. The van der Waals surface area contributed by atoms with Crippen molar-refractivity contribution in [3.8, 4) is 0 Å². The molecule has 180 valence electrons. The van der Waals surface area contributed by atoms with Crippen LogP contribution in [0.5, 0.6) is 0 Å². The topological polar surface area (TPSA) is 85.5 Å². The minimum Gasteiger partial charge on any atom is -0.361 e. The average Bonchev–Trinajstić information content (AvgIpc) is 3.40. The van der Waals surface area contributed by atoms with Crippen LogP contribution in [-0.2, 0) is 22.7 Å². The standard InChI is InChI=1S/C27H27FN4O3/c28-18-11-20(22-15-32(27(35)21(22)12-18)24-5-6-25(33)30-26(24)34)16-7-9-31(10-8-16)14-17-13-29-23-4-2-1-3-19(17)23/h1-4,11-13,16,24,29H,5-10,14-15H2,(H,30,33,34). The molecule has 1 unspecified atom stereocenters. The number of hydrogen-bond acceptors (Lipinski definition) is 4. The molecule has 2 N–H and O–H groups in total. The third kappa shape index (κ3) is 3.91. The molecule has 0 bridgehead atoms. The molecule has 3 aromatic rings. The number of halogens is 1. The monoisotopic (exact) mass is 474 g/mol. The lowest BCUT2D eigenvalue weighted by atomic mass is 9.85. The van der Waals surface area contributed by atoms with E-state index in [2.05, 4.69) is 39.6 Å². The highest BCUT2D eigenvalue weighted by Gasteiger charge is 2.41. The van der Waals surface area contributed by atoms with Gasteiger partial charge in [0, 0.05) is 42.2 Å². The van der Waals surface area contributed by atoms with Crippen molar-refractivity contribution in [2.24, 2.45) is 0 Å². The maximum atomic E-state index is 14.6. The fourth-order valence-corrected chi connectivity index (χ4v) is 5.92. The van der Waals surface area contributed by atoms with Crippen molar-refractivity contribution >= 4 is 28.6 Å². The van der Waals surface area contributed by atoms with Crippen LogP contribution in [0.1, 0.15) is 58.6 Å². The number of H-pyrrole nitrogens is 1. The molecule has 1 atom stereocenters. The largest absolute Gasteiger partial charge is 0.361 e. The molecular weight excluding hydrogens is 447 g/mol. The Labute approximate surface area is 202 Å². The molecule has 2 saturated heterocycles. The van der Waals surface area contributed by atoms with Crippen molar-refractivity contribution in [3.05, 3.63) is 70.7 Å². The number of likely N-dealkylation sites (tertiary alicyclic amines) is 1. The lowest BCUT2D eigenvalue weighted by Crippen LogP contribution is -2.52. The van der Waals surface area contributed by atoms with Crippen LogP contribution in [0.4, 0.5) is 4.39 Å². The van der Waals surface area contributed by atoms with Crippen molar-refractivity contribution in [1.82, 2.24) is 20.1 Å². The number of aromatic amines is 1. The fraction of sp³-hybridized carbons (Fsp3) is 0.370. The summed E-state index contributed by atoms with van der Waals surface area (Å²) in [4.78, 5) is 44.3. The second-order valence-electron chi connectivity index (χ2n) is 9.83. The number of rotatable bonds is 4. The summed E-state index contributed by atoms with van der Waals surface area (Å²) >= 11 is 0. The van der Waals surface area contributed by atoms with Gasteiger partial charge in [-0.05, 0) is 73.2 Å². The van der Waals surface area contributed by atoms with E-state index in [0.29, 0.717) is 12.0 Å². The minimum absolute atomic E-state index is 0.160. The molecule has 6 rings (SSSR count). The highest BCUT2D eigenvalue weighted by molar-refractivity contribution is 6.05. The third-order valence-corrected chi connectivity index (χ3v) is 7.75. The maximum Gasteiger partial charge on any atom is 0.255 e. The van der Waals surface area contributed by atoms with Crippen molar-refractivity contribution in [1.29, 1.82) is 0 Å². The van der Waals surface area contributed by atoms with E-state index in [-0.39, 0.29) is 30.7 Å². The Morgan fingerprint density at radius 1 is 1.03 bits per heavy atom. The first-order chi connectivity index (χ1) is 17.0. The maximum absolute atomic E-state index is 14.6. The molecule has 2 fully saturated rings. The Morgan fingerprint density at radius 2 is 1.83 bits per heavy atom. The smallest absolute Gasteiger partial charge is 0.255 e. The second-order valence-corrected chi connectivity index (χ2v) is 9.83. The Hall–Kier alpha value is -3.52. The number of nitrogens with zero attached hydrogens (tertiary/aromatic N) is 2. The molecule has 0 spiro atoms. The van der Waals surface area contributed by atoms with E-state index < -0.39 is 17.8 Å². The molecule has 3 amide bonds. The summed E-state index contributed by atoms with van der Waals surface area (Å²) in [7, 11) is 0. The van der Waals surface area contributed by atoms with Gasteiger partial charge in [-0.3, -0.25) is 24.6 Å². The SMILES string of the molecule is O=C1CCC(N2Cc3c(cc(F)cc3C3CCN(Cc4c[nH]c5ccccc45)CC3)C2=O)C(=O)N1. The van der Waals surface area contributed by atoms with Gasteiger partial charge in [0.2, 0.25) is 11.8 Å². The number of carbonyl (C=O) groups is 3. The molecular formula is C27H27FN4O3. The predicted molar refractivity (Wildman–Crippen MR) is 128 cm³/mol. The van der Waals surface area contributed by atoms with Gasteiger partial charge >= 0.3 is 0 Å². The number of aromatic nitrogens is 1. The Morgan fingerprint density at radius 3 is 2.63 bits per heavy atom. The van der Waals surface area contributed by atoms with Gasteiger partial charge in [0.05, 0.1) is 0 Å². The van der Waals surface area contributed by atoms with E-state index in [1.807, 2.05) is 6.07 Å². The van der Waals surface area contributed by atoms with Crippen molar-refractivity contribution in [3.63, 3.8) is 0 Å². The van der Waals surface area contributed by atoms with Crippen LogP contribution in [0.3, 0.4) is 0 Å². The summed E-state index contributed by atoms with van der Waals surface area (Å²) in [5.41, 5.74) is 4.48. The van der Waals surface area contributed by atoms with Gasteiger partial charge in [-0.1, -0.05) is 18.2 Å². The molecule has 35 heavy (non-hydrogen) atoms. The number of piperidine rings is 2. The molecule has 8 heteroatoms. The Bertz CT molecular complexity index is 1340. The number of benzene rings is 2. The first kappa shape index (κ1) is 22.0. The fourth-order valence-electron chi connectivity index (χ4n) is 5.92. The summed E-state index contributed by atoms with van der Waals surface area (Å²) in [5.74, 6) is -1.35. The van der Waals surface area contributed by atoms with Crippen LogP contribution in [0.15, 0.2) is 42.6 Å². The molecule has 0 saturated carbocycles. The van der Waals surface area contributed by atoms with Gasteiger partial charge < -0.3 is 9.88 Å². The van der Waals surface area contributed by atoms with Crippen molar-refractivity contribution < 1.29 is 18.8 Å². The first-order valence-electron chi connectivity index (χ1n) is 12.2. The predicted octanol–water partition coefficient (Wildman–Crippen LogP) is 3.45. The number of fused-ring (bicyclic) bond motifs is 2. The Kier molecular flexibility index (Phi) is 5.40. The molecule has 0 aliphatic carbocycles. The molecule has 0 radical (unpaired) electrons. The van der Waals surface area contributed by atoms with Gasteiger partial charge in [-0.15, -0.1) is 0 Å². The molecule has 2 aromatic carbocycles. The molecule has 4 heterocycles. The summed E-state index contributed by atoms with van der Waals surface area (Å²) in [6.07, 6.45) is 4.34. The second kappa shape index (κ2) is 8.61. The van der Waals surface area contributed by atoms with Gasteiger partial charge in [-0.2, -0.15) is 0 Å². The first-order valence-corrected chi connectivity index (χ1v) is 12.2. The van der Waals surface area contributed by atoms with Crippen LogP contribution in [0, 0.1) is 5.82 Å². The highest BCUT2D eigenvalue weighted by atomic mass is 19.1. The molecule has 7 nitrogen and oxygen atoms in total. The van der Waals surface area contributed by atoms with Crippen LogP contribution in [0.2, 0.25) is 0 Å². The molecule has 3 aliphatic rings.